The number of aromatic nitrogens is 2. The Hall–Kier alpha value is -4.59. The standard InChI is InChI=1S/C31H26F3N3O2/c1-39-26-12-6-10-23(18-26)30-27(37-20-24(13-15-28(37)36-30)22-8-3-2-4-9-22)14-16-29(38)35-19-21-7-5-11-25(17-21)31(32,33)34/h2-13,15,17-18,20H,14,16,19H2,1H3,(H,35,38). The van der Waals surface area contributed by atoms with Crippen LogP contribution in [0.4, 0.5) is 13.2 Å². The lowest BCUT2D eigenvalue weighted by Crippen LogP contribution is -2.23. The highest BCUT2D eigenvalue weighted by Crippen LogP contribution is 2.31. The van der Waals surface area contributed by atoms with Gasteiger partial charge in [-0.1, -0.05) is 54.6 Å². The number of hydrogen-bond acceptors (Lipinski definition) is 3. The monoisotopic (exact) mass is 529 g/mol. The molecule has 3 aromatic carbocycles. The van der Waals surface area contributed by atoms with Crippen molar-refractivity contribution in [2.45, 2.75) is 25.6 Å². The van der Waals surface area contributed by atoms with Crippen molar-refractivity contribution in [1.82, 2.24) is 14.7 Å². The summed E-state index contributed by atoms with van der Waals surface area (Å²) in [6, 6.07) is 26.5. The fourth-order valence-corrected chi connectivity index (χ4v) is 4.51. The molecule has 8 heteroatoms. The molecule has 0 spiro atoms. The smallest absolute Gasteiger partial charge is 0.416 e. The molecule has 5 rings (SSSR count). The van der Waals surface area contributed by atoms with Crippen molar-refractivity contribution in [3.63, 3.8) is 0 Å². The van der Waals surface area contributed by atoms with E-state index in [9.17, 15) is 18.0 Å². The van der Waals surface area contributed by atoms with Crippen LogP contribution in [0.15, 0.2) is 97.2 Å². The molecule has 5 nitrogen and oxygen atoms in total. The normalized spacial score (nSPS) is 11.5. The van der Waals surface area contributed by atoms with Gasteiger partial charge in [-0.15, -0.1) is 0 Å². The zero-order valence-corrected chi connectivity index (χ0v) is 21.2. The van der Waals surface area contributed by atoms with Crippen molar-refractivity contribution in [3.8, 4) is 28.1 Å². The van der Waals surface area contributed by atoms with Gasteiger partial charge in [-0.05, 0) is 59.5 Å². The van der Waals surface area contributed by atoms with Crippen LogP contribution in [-0.2, 0) is 23.9 Å². The lowest BCUT2D eigenvalue weighted by atomic mass is 10.1. The molecule has 0 radical (unpaired) electrons. The predicted molar refractivity (Wildman–Crippen MR) is 144 cm³/mol. The number of hydrogen-bond donors (Lipinski definition) is 1. The number of methoxy groups -OCH3 is 1. The summed E-state index contributed by atoms with van der Waals surface area (Å²) in [4.78, 5) is 17.6. The van der Waals surface area contributed by atoms with Crippen LogP contribution in [0.5, 0.6) is 5.75 Å². The molecule has 0 bridgehead atoms. The summed E-state index contributed by atoms with van der Waals surface area (Å²) in [5.41, 5.74) is 4.91. The van der Waals surface area contributed by atoms with Gasteiger partial charge in [-0.25, -0.2) is 4.98 Å². The Labute approximate surface area is 223 Å². The predicted octanol–water partition coefficient (Wildman–Crippen LogP) is 6.94. The first-order valence-electron chi connectivity index (χ1n) is 12.5. The zero-order valence-electron chi connectivity index (χ0n) is 21.2. The Morgan fingerprint density at radius 3 is 2.44 bits per heavy atom. The molecule has 0 atom stereocenters. The number of carbonyl (C=O) groups excluding carboxylic acids is 1. The maximum Gasteiger partial charge on any atom is 0.416 e. The Morgan fingerprint density at radius 1 is 0.897 bits per heavy atom. The second-order valence-electron chi connectivity index (χ2n) is 9.13. The number of alkyl halides is 3. The van der Waals surface area contributed by atoms with Gasteiger partial charge in [0.05, 0.1) is 24.1 Å². The van der Waals surface area contributed by atoms with Crippen LogP contribution in [0.1, 0.15) is 23.2 Å². The summed E-state index contributed by atoms with van der Waals surface area (Å²) in [7, 11) is 1.60. The molecule has 0 aliphatic heterocycles. The molecule has 0 saturated carbocycles. The van der Waals surface area contributed by atoms with Gasteiger partial charge in [-0.2, -0.15) is 13.2 Å². The van der Waals surface area contributed by atoms with Crippen LogP contribution in [0.3, 0.4) is 0 Å². The van der Waals surface area contributed by atoms with Crippen LogP contribution in [0, 0.1) is 0 Å². The number of nitrogens with one attached hydrogen (secondary N) is 1. The third kappa shape index (κ3) is 5.95. The number of halogens is 3. The molecular weight excluding hydrogens is 503 g/mol. The van der Waals surface area contributed by atoms with Gasteiger partial charge in [0, 0.05) is 24.7 Å². The number of carbonyl (C=O) groups is 1. The number of rotatable bonds is 8. The van der Waals surface area contributed by atoms with Crippen molar-refractivity contribution < 1.29 is 22.7 Å². The number of nitrogens with zero attached hydrogens (tertiary/aromatic N) is 2. The molecular formula is C31H26F3N3O2. The highest BCUT2D eigenvalue weighted by molar-refractivity contribution is 5.77. The van der Waals surface area contributed by atoms with Crippen molar-refractivity contribution in [2.24, 2.45) is 0 Å². The zero-order chi connectivity index (χ0) is 27.4. The van der Waals surface area contributed by atoms with E-state index < -0.39 is 11.7 Å². The molecule has 0 saturated heterocycles. The number of benzene rings is 3. The minimum Gasteiger partial charge on any atom is -0.497 e. The van der Waals surface area contributed by atoms with E-state index in [0.29, 0.717) is 17.7 Å². The highest BCUT2D eigenvalue weighted by Gasteiger charge is 2.30. The van der Waals surface area contributed by atoms with E-state index in [1.54, 1.807) is 13.2 Å². The second kappa shape index (κ2) is 11.0. The lowest BCUT2D eigenvalue weighted by molar-refractivity contribution is -0.137. The Bertz CT molecular complexity index is 1610. The fourth-order valence-electron chi connectivity index (χ4n) is 4.51. The first-order valence-corrected chi connectivity index (χ1v) is 12.5. The van der Waals surface area contributed by atoms with E-state index >= 15 is 0 Å². The van der Waals surface area contributed by atoms with Crippen LogP contribution < -0.4 is 10.1 Å². The fraction of sp³-hybridized carbons (Fsp3) is 0.161. The summed E-state index contributed by atoms with van der Waals surface area (Å²) in [6.45, 7) is 0.0107. The molecule has 1 N–H and O–H groups in total. The first kappa shape index (κ1) is 26.0. The topological polar surface area (TPSA) is 55.6 Å². The minimum atomic E-state index is -4.43. The van der Waals surface area contributed by atoms with Gasteiger partial charge in [0.1, 0.15) is 11.4 Å². The Morgan fingerprint density at radius 2 is 1.67 bits per heavy atom. The van der Waals surface area contributed by atoms with E-state index in [0.717, 1.165) is 45.9 Å². The van der Waals surface area contributed by atoms with Crippen LogP contribution in [-0.4, -0.2) is 22.4 Å². The molecule has 0 aliphatic rings. The number of ether oxygens (including phenoxy) is 1. The van der Waals surface area contributed by atoms with E-state index in [2.05, 4.69) is 5.32 Å². The summed E-state index contributed by atoms with van der Waals surface area (Å²) < 4.78 is 46.5. The number of imidazole rings is 1. The van der Waals surface area contributed by atoms with E-state index in [-0.39, 0.29) is 18.9 Å². The van der Waals surface area contributed by atoms with Gasteiger partial charge in [0.15, 0.2) is 0 Å². The lowest BCUT2D eigenvalue weighted by Gasteiger charge is -2.11. The molecule has 2 aromatic heterocycles. The quantitative estimate of drug-likeness (QED) is 0.237. The molecule has 1 amide bonds. The van der Waals surface area contributed by atoms with Crippen LogP contribution in [0.25, 0.3) is 28.0 Å². The van der Waals surface area contributed by atoms with Crippen LogP contribution in [0.2, 0.25) is 0 Å². The van der Waals surface area contributed by atoms with E-state index in [4.69, 9.17) is 9.72 Å². The molecule has 198 valence electrons. The van der Waals surface area contributed by atoms with Gasteiger partial charge >= 0.3 is 6.18 Å². The van der Waals surface area contributed by atoms with E-state index in [1.165, 1.54) is 6.07 Å². The summed E-state index contributed by atoms with van der Waals surface area (Å²) >= 11 is 0. The molecule has 5 aromatic rings. The third-order valence-electron chi connectivity index (χ3n) is 6.50. The van der Waals surface area contributed by atoms with Crippen molar-refractivity contribution in [1.29, 1.82) is 0 Å². The number of amides is 1. The molecule has 0 fully saturated rings. The summed E-state index contributed by atoms with van der Waals surface area (Å²) in [6.07, 6.45) is -1.91. The Balaban J connectivity index is 1.41. The molecule has 0 unspecified atom stereocenters. The average molecular weight is 530 g/mol. The van der Waals surface area contributed by atoms with Gasteiger partial charge < -0.3 is 14.5 Å². The van der Waals surface area contributed by atoms with Gasteiger partial charge in [-0.3, -0.25) is 4.79 Å². The van der Waals surface area contributed by atoms with Gasteiger partial charge in [0.25, 0.3) is 0 Å². The molecule has 39 heavy (non-hydrogen) atoms. The summed E-state index contributed by atoms with van der Waals surface area (Å²) in [5, 5.41) is 2.75. The average Bonchev–Trinajstić information content (AvgIpc) is 3.33. The maximum atomic E-state index is 13.0. The van der Waals surface area contributed by atoms with Crippen molar-refractivity contribution >= 4 is 11.6 Å². The summed E-state index contributed by atoms with van der Waals surface area (Å²) in [5.74, 6) is 0.428. The SMILES string of the molecule is COc1cccc(-c2nc3ccc(-c4ccccc4)cn3c2CCC(=O)NCc2cccc(C(F)(F)F)c2)c1. The van der Waals surface area contributed by atoms with Crippen molar-refractivity contribution in [2.75, 3.05) is 7.11 Å². The van der Waals surface area contributed by atoms with E-state index in [1.807, 2.05) is 77.3 Å². The van der Waals surface area contributed by atoms with Gasteiger partial charge in [0.2, 0.25) is 5.91 Å². The minimum absolute atomic E-state index is 0.0107. The second-order valence-corrected chi connectivity index (χ2v) is 9.13. The number of pyridine rings is 1. The first-order chi connectivity index (χ1) is 18.8. The van der Waals surface area contributed by atoms with Crippen LogP contribution >= 0.6 is 0 Å². The maximum absolute atomic E-state index is 13.0. The van der Waals surface area contributed by atoms with Crippen molar-refractivity contribution in [3.05, 3.63) is 114 Å². The number of fused-ring (bicyclic) bond motifs is 1. The largest absolute Gasteiger partial charge is 0.497 e. The molecule has 0 aliphatic carbocycles. The highest BCUT2D eigenvalue weighted by atomic mass is 19.4. The molecule has 2 heterocycles. The Kier molecular flexibility index (Phi) is 7.36. The number of aryl methyl sites for hydroxylation is 1. The third-order valence-corrected chi connectivity index (χ3v) is 6.50.